The van der Waals surface area contributed by atoms with Gasteiger partial charge in [0.25, 0.3) is 0 Å². The van der Waals surface area contributed by atoms with Gasteiger partial charge in [-0.2, -0.15) is 0 Å². The first kappa shape index (κ1) is 18.6. The van der Waals surface area contributed by atoms with Crippen LogP contribution in [-0.2, 0) is 4.79 Å². The van der Waals surface area contributed by atoms with Crippen LogP contribution < -0.4 is 5.32 Å². The number of rotatable bonds is 6. The zero-order chi connectivity index (χ0) is 18.5. The fourth-order valence-electron chi connectivity index (χ4n) is 2.38. The molecule has 134 valence electrons. The Hall–Kier alpha value is -2.18. The summed E-state index contributed by atoms with van der Waals surface area (Å²) >= 11 is 2.97. The van der Waals surface area contributed by atoms with Crippen LogP contribution in [0.2, 0.25) is 0 Å². The number of benzene rings is 2. The Balaban J connectivity index is 1.66. The summed E-state index contributed by atoms with van der Waals surface area (Å²) in [5.74, 6) is -0.0373. The highest BCUT2D eigenvalue weighted by Crippen LogP contribution is 2.29. The molecule has 1 amide bonds. The zero-order valence-electron chi connectivity index (χ0n) is 15.0. The quantitative estimate of drug-likeness (QED) is 0.584. The highest BCUT2D eigenvalue weighted by Gasteiger charge is 2.19. The molecule has 2 aromatic carbocycles. The number of aryl methyl sites for hydroxylation is 2. The van der Waals surface area contributed by atoms with E-state index in [2.05, 4.69) is 46.7 Å². The van der Waals surface area contributed by atoms with Gasteiger partial charge in [-0.1, -0.05) is 65.8 Å². The molecule has 0 saturated carbocycles. The number of hydrogen-bond acceptors (Lipinski definition) is 5. The number of amides is 1. The Labute approximate surface area is 162 Å². The van der Waals surface area contributed by atoms with Crippen molar-refractivity contribution in [1.29, 1.82) is 0 Å². The molecule has 1 heterocycles. The number of anilines is 1. The van der Waals surface area contributed by atoms with Crippen molar-refractivity contribution < 1.29 is 4.79 Å². The number of aromatic nitrogens is 2. The summed E-state index contributed by atoms with van der Waals surface area (Å²) in [4.78, 5) is 13.7. The average Bonchev–Trinajstić information content (AvgIpc) is 3.10. The van der Waals surface area contributed by atoms with Crippen LogP contribution in [0.15, 0.2) is 53.4 Å². The zero-order valence-corrected chi connectivity index (χ0v) is 16.7. The third-order valence-corrected chi connectivity index (χ3v) is 6.18. The molecule has 1 atom stereocenters. The van der Waals surface area contributed by atoms with E-state index >= 15 is 0 Å². The fourth-order valence-corrected chi connectivity index (χ4v) is 4.08. The normalized spacial score (nSPS) is 12.0. The van der Waals surface area contributed by atoms with E-state index in [4.69, 9.17) is 0 Å². The van der Waals surface area contributed by atoms with Crippen LogP contribution in [0.5, 0.6) is 0 Å². The van der Waals surface area contributed by atoms with Crippen molar-refractivity contribution in [2.24, 2.45) is 0 Å². The topological polar surface area (TPSA) is 54.9 Å². The Bertz CT molecular complexity index is 873. The van der Waals surface area contributed by atoms with Crippen molar-refractivity contribution in [2.75, 3.05) is 5.32 Å². The molecule has 0 aliphatic heterocycles. The second-order valence-corrected chi connectivity index (χ2v) is 8.35. The van der Waals surface area contributed by atoms with E-state index in [1.165, 1.54) is 22.5 Å². The predicted molar refractivity (Wildman–Crippen MR) is 110 cm³/mol. The smallest absolute Gasteiger partial charge is 0.239 e. The third-order valence-electron chi connectivity index (χ3n) is 3.92. The highest BCUT2D eigenvalue weighted by atomic mass is 32.2. The van der Waals surface area contributed by atoms with Crippen LogP contribution in [0.25, 0.3) is 10.6 Å². The first-order valence-corrected chi connectivity index (χ1v) is 10.2. The van der Waals surface area contributed by atoms with Gasteiger partial charge in [0.15, 0.2) is 0 Å². The van der Waals surface area contributed by atoms with Gasteiger partial charge in [0, 0.05) is 10.5 Å². The maximum atomic E-state index is 12.6. The lowest BCUT2D eigenvalue weighted by atomic mass is 10.2. The molecule has 1 unspecified atom stereocenters. The van der Waals surface area contributed by atoms with E-state index in [1.807, 2.05) is 38.1 Å². The molecule has 0 radical (unpaired) electrons. The Morgan fingerprint density at radius 2 is 1.65 bits per heavy atom. The van der Waals surface area contributed by atoms with E-state index in [-0.39, 0.29) is 11.2 Å². The van der Waals surface area contributed by atoms with E-state index in [9.17, 15) is 4.79 Å². The molecule has 26 heavy (non-hydrogen) atoms. The van der Waals surface area contributed by atoms with Crippen LogP contribution in [0, 0.1) is 13.8 Å². The van der Waals surface area contributed by atoms with E-state index < -0.39 is 0 Å². The lowest BCUT2D eigenvalue weighted by Gasteiger charge is -2.13. The first-order chi connectivity index (χ1) is 12.5. The average molecular weight is 384 g/mol. The molecule has 0 fully saturated rings. The summed E-state index contributed by atoms with van der Waals surface area (Å²) in [5, 5.41) is 12.4. The number of carbonyl (C=O) groups is 1. The van der Waals surface area contributed by atoms with Crippen molar-refractivity contribution >= 4 is 34.1 Å². The third kappa shape index (κ3) is 4.71. The first-order valence-electron chi connectivity index (χ1n) is 8.50. The summed E-state index contributed by atoms with van der Waals surface area (Å²) in [6.45, 7) is 6.12. The standard InChI is InChI=1S/C20H21N3OS2/c1-4-17(25-16-11-7-14(3)8-12-16)18(24)21-20-23-22-19(26-20)15-9-5-13(2)6-10-15/h5-12,17H,4H2,1-3H3,(H,21,23,24). The van der Waals surface area contributed by atoms with E-state index in [1.54, 1.807) is 11.8 Å². The largest absolute Gasteiger partial charge is 0.300 e. The lowest BCUT2D eigenvalue weighted by Crippen LogP contribution is -2.24. The highest BCUT2D eigenvalue weighted by molar-refractivity contribution is 8.00. The Morgan fingerprint density at radius 3 is 2.27 bits per heavy atom. The molecule has 3 aromatic rings. The molecule has 3 rings (SSSR count). The summed E-state index contributed by atoms with van der Waals surface area (Å²) in [6, 6.07) is 16.3. The molecule has 6 heteroatoms. The SMILES string of the molecule is CCC(Sc1ccc(C)cc1)C(=O)Nc1nnc(-c2ccc(C)cc2)s1. The molecule has 1 aromatic heterocycles. The van der Waals surface area contributed by atoms with Gasteiger partial charge in [-0.05, 0) is 32.4 Å². The summed E-state index contributed by atoms with van der Waals surface area (Å²) in [5.41, 5.74) is 3.42. The van der Waals surface area contributed by atoms with Crippen LogP contribution in [0.3, 0.4) is 0 Å². The summed E-state index contributed by atoms with van der Waals surface area (Å²) < 4.78 is 0. The monoisotopic (exact) mass is 383 g/mol. The molecule has 0 bridgehead atoms. The van der Waals surface area contributed by atoms with Crippen molar-refractivity contribution in [3.8, 4) is 10.6 Å². The van der Waals surface area contributed by atoms with Gasteiger partial charge < -0.3 is 0 Å². The van der Waals surface area contributed by atoms with Gasteiger partial charge in [-0.3, -0.25) is 10.1 Å². The second kappa shape index (κ2) is 8.47. The van der Waals surface area contributed by atoms with E-state index in [0.717, 1.165) is 21.9 Å². The predicted octanol–water partition coefficient (Wildman–Crippen LogP) is 5.33. The maximum absolute atomic E-state index is 12.6. The number of nitrogens with one attached hydrogen (secondary N) is 1. The van der Waals surface area contributed by atoms with Gasteiger partial charge in [0.2, 0.25) is 11.0 Å². The number of carbonyl (C=O) groups excluding carboxylic acids is 1. The maximum Gasteiger partial charge on any atom is 0.239 e. The van der Waals surface area contributed by atoms with Crippen LogP contribution >= 0.6 is 23.1 Å². The number of thioether (sulfide) groups is 1. The minimum absolute atomic E-state index is 0.0373. The van der Waals surface area contributed by atoms with E-state index in [0.29, 0.717) is 5.13 Å². The van der Waals surface area contributed by atoms with Gasteiger partial charge in [0.1, 0.15) is 5.01 Å². The molecular formula is C20H21N3OS2. The lowest BCUT2D eigenvalue weighted by molar-refractivity contribution is -0.115. The minimum atomic E-state index is -0.163. The van der Waals surface area contributed by atoms with Crippen LogP contribution in [0.4, 0.5) is 5.13 Å². The van der Waals surface area contributed by atoms with Crippen molar-refractivity contribution in [1.82, 2.24) is 10.2 Å². The van der Waals surface area contributed by atoms with Gasteiger partial charge in [0.05, 0.1) is 5.25 Å². The van der Waals surface area contributed by atoms with Crippen molar-refractivity contribution in [2.45, 2.75) is 37.3 Å². The fraction of sp³-hybridized carbons (Fsp3) is 0.250. The molecule has 0 spiro atoms. The molecule has 1 N–H and O–H groups in total. The van der Waals surface area contributed by atoms with Crippen molar-refractivity contribution in [3.63, 3.8) is 0 Å². The number of nitrogens with zero attached hydrogens (tertiary/aromatic N) is 2. The molecular weight excluding hydrogens is 362 g/mol. The molecule has 0 aliphatic rings. The van der Waals surface area contributed by atoms with Crippen LogP contribution in [-0.4, -0.2) is 21.4 Å². The summed E-state index contributed by atoms with van der Waals surface area (Å²) in [7, 11) is 0. The molecule has 4 nitrogen and oxygen atoms in total. The Morgan fingerprint density at radius 1 is 1.04 bits per heavy atom. The second-order valence-electron chi connectivity index (χ2n) is 6.10. The van der Waals surface area contributed by atoms with Gasteiger partial charge >= 0.3 is 0 Å². The van der Waals surface area contributed by atoms with Gasteiger partial charge in [-0.15, -0.1) is 22.0 Å². The molecule has 0 aliphatic carbocycles. The Kier molecular flexibility index (Phi) is 6.06. The minimum Gasteiger partial charge on any atom is -0.300 e. The molecule has 0 saturated heterocycles. The van der Waals surface area contributed by atoms with Gasteiger partial charge in [-0.25, -0.2) is 0 Å². The van der Waals surface area contributed by atoms with Crippen LogP contribution in [0.1, 0.15) is 24.5 Å². The number of hydrogen-bond donors (Lipinski definition) is 1. The van der Waals surface area contributed by atoms with Crippen molar-refractivity contribution in [3.05, 3.63) is 59.7 Å². The summed E-state index contributed by atoms with van der Waals surface area (Å²) in [6.07, 6.45) is 0.744.